The third-order valence-electron chi connectivity index (χ3n) is 13.9. The van der Waals surface area contributed by atoms with Gasteiger partial charge < -0.3 is 30.4 Å². The molecule has 2 saturated heterocycles. The standard InChI is InChI=1S/C27H29F3N8O.C13H15F3N2O2.C13H15N7/c1-17-25(38-16-24(33-34-38)23-15-32-36(4)18(23)2)9-19(14-31-17)10-26(39)20-11-21(27(28,29)30)13-22(12-20)37-7-5-35(3)6-8-37;1-17-2-4-18(5-3-17)11-7-9(12(19)20)6-10(8-11)13(14,15)16;1-8-13(4-10(14)5-15-8)20-7-12(17-18-20)11-6-16-19(3)9(11)2/h9,11-16H,5-8,10H2,1-4H3;6-8H,2-5H2,1H3,(H,19,20);4-7H,14H2,1-3H3. The van der Waals surface area contributed by atoms with Crippen LogP contribution >= 0.6 is 0 Å². The molecule has 0 aliphatic carbocycles. The van der Waals surface area contributed by atoms with Crippen molar-refractivity contribution in [2.75, 3.05) is 82.0 Å². The van der Waals surface area contributed by atoms with E-state index in [0.717, 1.165) is 84.0 Å². The van der Waals surface area contributed by atoms with Crippen LogP contribution in [-0.4, -0.2) is 153 Å². The summed E-state index contributed by atoms with van der Waals surface area (Å²) < 4.78 is 86.5. The lowest BCUT2D eigenvalue weighted by atomic mass is 10.00. The molecule has 6 aromatic heterocycles. The van der Waals surface area contributed by atoms with Crippen LogP contribution in [0.5, 0.6) is 0 Å². The number of alkyl halides is 6. The number of Topliss-reactive ketones (excluding diaryl/α,β-unsaturated/α-hetero) is 1. The molecule has 2 aliphatic heterocycles. The molecular formula is C53H59F6N17O3. The number of hydrogen-bond donors (Lipinski definition) is 2. The Morgan fingerprint density at radius 3 is 1.43 bits per heavy atom. The Labute approximate surface area is 450 Å². The van der Waals surface area contributed by atoms with Gasteiger partial charge >= 0.3 is 18.3 Å². The molecule has 2 fully saturated rings. The van der Waals surface area contributed by atoms with Crippen LogP contribution in [0.2, 0.25) is 0 Å². The van der Waals surface area contributed by atoms with E-state index in [1.54, 1.807) is 62.1 Å². The summed E-state index contributed by atoms with van der Waals surface area (Å²) in [5, 5.41) is 34.2. The van der Waals surface area contributed by atoms with Gasteiger partial charge in [-0.3, -0.25) is 24.1 Å². The van der Waals surface area contributed by atoms with Crippen molar-refractivity contribution in [2.24, 2.45) is 14.1 Å². The number of hydrogen-bond acceptors (Lipinski definition) is 15. The number of ketones is 1. The average Bonchev–Trinajstić information content (AvgIpc) is 4.26. The highest BCUT2D eigenvalue weighted by molar-refractivity contribution is 5.98. The summed E-state index contributed by atoms with van der Waals surface area (Å²) in [7, 11) is 7.65. The number of aromatic carboxylic acids is 1. The number of carboxylic acid groups (broad SMARTS) is 1. The zero-order valence-electron chi connectivity index (χ0n) is 44.7. The topological polar surface area (TPSA) is 216 Å². The normalized spacial score (nSPS) is 14.4. The second kappa shape index (κ2) is 23.2. The maximum absolute atomic E-state index is 13.7. The van der Waals surface area contributed by atoms with Gasteiger partial charge in [0.05, 0.1) is 76.1 Å². The van der Waals surface area contributed by atoms with Gasteiger partial charge in [0.25, 0.3) is 0 Å². The number of rotatable bonds is 10. The summed E-state index contributed by atoms with van der Waals surface area (Å²) in [6.45, 7) is 12.9. The highest BCUT2D eigenvalue weighted by Crippen LogP contribution is 2.35. The Hall–Kier alpha value is -8.52. The molecule has 0 unspecified atom stereocenters. The van der Waals surface area contributed by atoms with Crippen LogP contribution in [0, 0.1) is 27.7 Å². The van der Waals surface area contributed by atoms with Crippen LogP contribution in [0.3, 0.4) is 0 Å². The van der Waals surface area contributed by atoms with Crippen molar-refractivity contribution < 1.29 is 41.0 Å². The number of anilines is 3. The summed E-state index contributed by atoms with van der Waals surface area (Å²) >= 11 is 0. The first-order valence-corrected chi connectivity index (χ1v) is 24.9. The first kappa shape index (κ1) is 56.7. The zero-order chi connectivity index (χ0) is 57.1. The Morgan fingerprint density at radius 2 is 1.00 bits per heavy atom. The van der Waals surface area contributed by atoms with E-state index < -0.39 is 35.2 Å². The molecule has 0 atom stereocenters. The number of carboxylic acids is 1. The lowest BCUT2D eigenvalue weighted by Crippen LogP contribution is -2.44. The predicted molar refractivity (Wildman–Crippen MR) is 283 cm³/mol. The molecule has 2 aromatic carbocycles. The van der Waals surface area contributed by atoms with Crippen LogP contribution in [-0.2, 0) is 32.9 Å². The number of likely N-dealkylation sites (N-methyl/N-ethyl adjacent to an activating group) is 2. The van der Waals surface area contributed by atoms with Gasteiger partial charge in [-0.2, -0.15) is 36.5 Å². The van der Waals surface area contributed by atoms with Gasteiger partial charge in [-0.1, -0.05) is 10.4 Å². The summed E-state index contributed by atoms with van der Waals surface area (Å²) in [5.74, 6) is -1.77. The molecule has 10 rings (SSSR count). The summed E-state index contributed by atoms with van der Waals surface area (Å²) in [5.41, 5.74) is 13.8. The Kier molecular flexibility index (Phi) is 16.7. The molecule has 0 radical (unpaired) electrons. The van der Waals surface area contributed by atoms with Gasteiger partial charge in [-0.15, -0.1) is 10.2 Å². The van der Waals surface area contributed by atoms with Gasteiger partial charge in [0, 0.05) is 119 Å². The maximum atomic E-state index is 13.7. The number of nitrogen functional groups attached to an aromatic ring is 1. The monoisotopic (exact) mass is 1100 g/mol. The molecule has 8 aromatic rings. The number of benzene rings is 2. The summed E-state index contributed by atoms with van der Waals surface area (Å²) in [4.78, 5) is 40.8. The van der Waals surface area contributed by atoms with E-state index >= 15 is 0 Å². The number of halogens is 6. The van der Waals surface area contributed by atoms with Crippen molar-refractivity contribution in [1.82, 2.24) is 69.3 Å². The third-order valence-corrected chi connectivity index (χ3v) is 13.9. The molecule has 26 heteroatoms. The molecule has 0 amide bonds. The number of aromatic nitrogens is 12. The molecule has 8 heterocycles. The molecule has 2 aliphatic rings. The fourth-order valence-corrected chi connectivity index (χ4v) is 8.79. The number of aryl methyl sites for hydroxylation is 4. The van der Waals surface area contributed by atoms with Crippen molar-refractivity contribution >= 4 is 28.8 Å². The number of piperazine rings is 2. The average molecular weight is 1100 g/mol. The Bertz CT molecular complexity index is 3470. The minimum Gasteiger partial charge on any atom is -0.478 e. The molecular weight excluding hydrogens is 1040 g/mol. The molecule has 0 saturated carbocycles. The molecule has 0 bridgehead atoms. The van der Waals surface area contributed by atoms with E-state index in [1.165, 1.54) is 6.07 Å². The van der Waals surface area contributed by atoms with E-state index in [4.69, 9.17) is 10.8 Å². The molecule has 416 valence electrons. The van der Waals surface area contributed by atoms with Crippen LogP contribution in [0.25, 0.3) is 33.9 Å². The highest BCUT2D eigenvalue weighted by Gasteiger charge is 2.34. The van der Waals surface area contributed by atoms with E-state index in [9.17, 15) is 35.9 Å². The largest absolute Gasteiger partial charge is 0.478 e. The van der Waals surface area contributed by atoms with Crippen LogP contribution in [0.15, 0.2) is 85.7 Å². The van der Waals surface area contributed by atoms with Crippen molar-refractivity contribution in [1.29, 1.82) is 0 Å². The van der Waals surface area contributed by atoms with Crippen LogP contribution in [0.1, 0.15) is 60.2 Å². The fourth-order valence-electron chi connectivity index (χ4n) is 8.79. The van der Waals surface area contributed by atoms with Crippen LogP contribution in [0.4, 0.5) is 43.4 Å². The van der Waals surface area contributed by atoms with Crippen molar-refractivity contribution in [2.45, 2.75) is 46.5 Å². The number of nitrogens with two attached hydrogens (primary N) is 1. The van der Waals surface area contributed by atoms with Gasteiger partial charge in [-0.25, -0.2) is 14.2 Å². The van der Waals surface area contributed by atoms with Gasteiger partial charge in [-0.05, 0) is 95.9 Å². The van der Waals surface area contributed by atoms with Gasteiger partial charge in [0.15, 0.2) is 5.78 Å². The second-order valence-corrected chi connectivity index (χ2v) is 19.5. The number of carbonyl (C=O) groups excluding carboxylic acids is 1. The van der Waals surface area contributed by atoms with Crippen LogP contribution < -0.4 is 15.5 Å². The van der Waals surface area contributed by atoms with Gasteiger partial charge in [0.2, 0.25) is 0 Å². The first-order valence-electron chi connectivity index (χ1n) is 24.9. The lowest BCUT2D eigenvalue weighted by molar-refractivity contribution is -0.138. The minimum absolute atomic E-state index is 0.0240. The highest BCUT2D eigenvalue weighted by atomic mass is 19.4. The van der Waals surface area contributed by atoms with E-state index in [1.807, 2.05) is 77.7 Å². The summed E-state index contributed by atoms with van der Waals surface area (Å²) in [6.07, 6.45) is 1.09. The molecule has 20 nitrogen and oxygen atoms in total. The third kappa shape index (κ3) is 13.4. The zero-order valence-corrected chi connectivity index (χ0v) is 44.7. The fraction of sp³-hybridized carbons (Fsp3) is 0.358. The van der Waals surface area contributed by atoms with Crippen molar-refractivity contribution in [3.63, 3.8) is 0 Å². The molecule has 0 spiro atoms. The quantitative estimate of drug-likeness (QED) is 0.102. The Balaban J connectivity index is 0.000000172. The lowest BCUT2D eigenvalue weighted by Gasteiger charge is -2.34. The number of pyridine rings is 2. The minimum atomic E-state index is -4.56. The van der Waals surface area contributed by atoms with E-state index in [2.05, 4.69) is 50.6 Å². The number of carbonyl (C=O) groups is 2. The van der Waals surface area contributed by atoms with E-state index in [0.29, 0.717) is 71.9 Å². The van der Waals surface area contributed by atoms with Crippen molar-refractivity contribution in [3.05, 3.63) is 136 Å². The second-order valence-electron chi connectivity index (χ2n) is 19.5. The number of nitrogens with zero attached hydrogens (tertiary/aromatic N) is 16. The van der Waals surface area contributed by atoms with E-state index in [-0.39, 0.29) is 17.5 Å². The SMILES string of the molecule is CN1CCN(c2cc(C(=O)O)cc(C(F)(F)F)c2)CC1.Cc1ncc(CC(=O)c2cc(N3CCN(C)CC3)cc(C(F)(F)F)c2)cc1-n1cc(-c2cnn(C)c2C)nn1.Cc1ncc(N)cc1-n1cc(-c2cnn(C)c2C)nn1. The molecule has 3 N–H and O–H groups in total. The first-order chi connectivity index (χ1) is 37.3. The smallest absolute Gasteiger partial charge is 0.416 e. The Morgan fingerprint density at radius 1 is 0.570 bits per heavy atom. The summed E-state index contributed by atoms with van der Waals surface area (Å²) in [6, 6.07) is 10.2. The van der Waals surface area contributed by atoms with Crippen molar-refractivity contribution in [3.8, 4) is 33.9 Å². The predicted octanol–water partition coefficient (Wildman–Crippen LogP) is 7.29. The molecule has 79 heavy (non-hydrogen) atoms. The maximum Gasteiger partial charge on any atom is 0.416 e. The van der Waals surface area contributed by atoms with Gasteiger partial charge in [0.1, 0.15) is 11.4 Å².